The Hall–Kier alpha value is -1.54. The van der Waals surface area contributed by atoms with Crippen LogP contribution in [0.4, 0.5) is 5.69 Å². The van der Waals surface area contributed by atoms with Crippen LogP contribution in [0, 0.1) is 0 Å². The molecule has 0 heterocycles. The molecule has 1 aliphatic carbocycles. The van der Waals surface area contributed by atoms with Crippen LogP contribution in [0.15, 0.2) is 42.5 Å². The minimum Gasteiger partial charge on any atom is -0.371 e. The highest BCUT2D eigenvalue weighted by atomic mass is 15.1. The normalized spacial score (nSPS) is 16.9. The van der Waals surface area contributed by atoms with Crippen LogP contribution in [-0.4, -0.2) is 18.6 Å². The smallest absolute Gasteiger partial charge is 0.0445 e. The van der Waals surface area contributed by atoms with Gasteiger partial charge in [0.2, 0.25) is 0 Å². The van der Waals surface area contributed by atoms with E-state index in [-0.39, 0.29) is 5.54 Å². The van der Waals surface area contributed by atoms with E-state index in [1.807, 2.05) is 0 Å². The predicted molar refractivity (Wildman–Crippen MR) is 87.2 cm³/mol. The molecule has 20 heavy (non-hydrogen) atoms. The highest BCUT2D eigenvalue weighted by Crippen LogP contribution is 2.33. The quantitative estimate of drug-likeness (QED) is 0.890. The van der Waals surface area contributed by atoms with Crippen molar-refractivity contribution in [3.05, 3.63) is 42.5 Å². The lowest BCUT2D eigenvalue weighted by Gasteiger charge is -2.40. The molecule has 2 nitrogen and oxygen atoms in total. The first kappa shape index (κ1) is 13.4. The average molecular weight is 268 g/mol. The van der Waals surface area contributed by atoms with Gasteiger partial charge in [-0.05, 0) is 44.1 Å². The van der Waals surface area contributed by atoms with Crippen LogP contribution in [0.2, 0.25) is 0 Å². The van der Waals surface area contributed by atoms with Crippen molar-refractivity contribution in [2.24, 2.45) is 5.73 Å². The minimum atomic E-state index is 0.109. The van der Waals surface area contributed by atoms with E-state index in [1.165, 1.54) is 35.7 Å². The van der Waals surface area contributed by atoms with Crippen LogP contribution < -0.4 is 10.6 Å². The molecule has 0 saturated heterocycles. The summed E-state index contributed by atoms with van der Waals surface area (Å²) >= 11 is 0. The van der Waals surface area contributed by atoms with E-state index in [1.54, 1.807) is 0 Å². The second kappa shape index (κ2) is 5.45. The molecule has 0 aliphatic heterocycles. The standard InChI is InChI=1S/C18H24N2/c1-2-20(14-13-18(19)11-6-12-18)17-10-5-8-15-7-3-4-9-16(15)17/h3-5,7-10H,2,6,11-14,19H2,1H3. The third kappa shape index (κ3) is 2.53. The fraction of sp³-hybridized carbons (Fsp3) is 0.444. The summed E-state index contributed by atoms with van der Waals surface area (Å²) in [5.74, 6) is 0. The summed E-state index contributed by atoms with van der Waals surface area (Å²) in [4.78, 5) is 2.47. The molecule has 1 saturated carbocycles. The lowest BCUT2D eigenvalue weighted by atomic mass is 9.75. The van der Waals surface area contributed by atoms with Gasteiger partial charge in [0.05, 0.1) is 0 Å². The Morgan fingerprint density at radius 1 is 1.10 bits per heavy atom. The van der Waals surface area contributed by atoms with Crippen LogP contribution in [0.1, 0.15) is 32.6 Å². The van der Waals surface area contributed by atoms with E-state index < -0.39 is 0 Å². The number of rotatable bonds is 5. The lowest BCUT2D eigenvalue weighted by Crippen LogP contribution is -2.48. The topological polar surface area (TPSA) is 29.3 Å². The van der Waals surface area contributed by atoms with Crippen molar-refractivity contribution in [3.8, 4) is 0 Å². The molecule has 2 N–H and O–H groups in total. The van der Waals surface area contributed by atoms with Crippen molar-refractivity contribution in [1.29, 1.82) is 0 Å². The molecule has 0 bridgehead atoms. The molecule has 2 aromatic carbocycles. The van der Waals surface area contributed by atoms with E-state index in [9.17, 15) is 0 Å². The number of hydrogen-bond donors (Lipinski definition) is 1. The van der Waals surface area contributed by atoms with E-state index in [0.29, 0.717) is 0 Å². The molecule has 1 aliphatic rings. The van der Waals surface area contributed by atoms with Crippen molar-refractivity contribution in [2.45, 2.75) is 38.1 Å². The molecular formula is C18H24N2. The van der Waals surface area contributed by atoms with Crippen molar-refractivity contribution in [3.63, 3.8) is 0 Å². The zero-order valence-corrected chi connectivity index (χ0v) is 12.3. The summed E-state index contributed by atoms with van der Waals surface area (Å²) in [5, 5.41) is 2.66. The summed E-state index contributed by atoms with van der Waals surface area (Å²) < 4.78 is 0. The summed E-state index contributed by atoms with van der Waals surface area (Å²) in [7, 11) is 0. The molecule has 3 rings (SSSR count). The van der Waals surface area contributed by atoms with Crippen LogP contribution in [0.5, 0.6) is 0 Å². The fourth-order valence-corrected chi connectivity index (χ4v) is 3.17. The maximum absolute atomic E-state index is 6.37. The van der Waals surface area contributed by atoms with E-state index in [4.69, 9.17) is 5.73 Å². The van der Waals surface area contributed by atoms with Gasteiger partial charge in [0.1, 0.15) is 0 Å². The number of benzene rings is 2. The van der Waals surface area contributed by atoms with Crippen LogP contribution in [0.25, 0.3) is 10.8 Å². The fourth-order valence-electron chi connectivity index (χ4n) is 3.17. The molecule has 1 fully saturated rings. The van der Waals surface area contributed by atoms with Crippen molar-refractivity contribution >= 4 is 16.5 Å². The molecule has 0 radical (unpaired) electrons. The maximum atomic E-state index is 6.37. The van der Waals surface area contributed by atoms with Gasteiger partial charge in [0.25, 0.3) is 0 Å². The van der Waals surface area contributed by atoms with Crippen LogP contribution in [-0.2, 0) is 0 Å². The first-order valence-electron chi connectivity index (χ1n) is 7.73. The van der Waals surface area contributed by atoms with Gasteiger partial charge in [0, 0.05) is 29.7 Å². The molecule has 106 valence electrons. The maximum Gasteiger partial charge on any atom is 0.0445 e. The highest BCUT2D eigenvalue weighted by molar-refractivity contribution is 5.94. The van der Waals surface area contributed by atoms with Crippen molar-refractivity contribution in [1.82, 2.24) is 0 Å². The lowest BCUT2D eigenvalue weighted by molar-refractivity contribution is 0.234. The Bertz CT molecular complexity index is 581. The summed E-state index contributed by atoms with van der Waals surface area (Å²) in [6.45, 7) is 4.32. The Balaban J connectivity index is 1.83. The van der Waals surface area contributed by atoms with Crippen LogP contribution in [0.3, 0.4) is 0 Å². The molecule has 0 aromatic heterocycles. The van der Waals surface area contributed by atoms with Gasteiger partial charge in [-0.1, -0.05) is 36.4 Å². The van der Waals surface area contributed by atoms with Gasteiger partial charge < -0.3 is 10.6 Å². The van der Waals surface area contributed by atoms with Gasteiger partial charge in [0.15, 0.2) is 0 Å². The SMILES string of the molecule is CCN(CCC1(N)CCC1)c1cccc2ccccc12. The second-order valence-electron chi connectivity index (χ2n) is 6.04. The monoisotopic (exact) mass is 268 g/mol. The Morgan fingerprint density at radius 2 is 1.85 bits per heavy atom. The van der Waals surface area contributed by atoms with E-state index in [2.05, 4.69) is 54.3 Å². The second-order valence-corrected chi connectivity index (χ2v) is 6.04. The van der Waals surface area contributed by atoms with E-state index >= 15 is 0 Å². The number of fused-ring (bicyclic) bond motifs is 1. The third-order valence-corrected chi connectivity index (χ3v) is 4.72. The van der Waals surface area contributed by atoms with Crippen LogP contribution >= 0.6 is 0 Å². The largest absolute Gasteiger partial charge is 0.371 e. The van der Waals surface area contributed by atoms with Gasteiger partial charge in [-0.15, -0.1) is 0 Å². The molecule has 2 heteroatoms. The Labute approximate surface area is 121 Å². The number of nitrogens with two attached hydrogens (primary N) is 1. The molecule has 2 aromatic rings. The van der Waals surface area contributed by atoms with Crippen molar-refractivity contribution in [2.75, 3.05) is 18.0 Å². The molecular weight excluding hydrogens is 244 g/mol. The van der Waals surface area contributed by atoms with Gasteiger partial charge in [-0.2, -0.15) is 0 Å². The van der Waals surface area contributed by atoms with Gasteiger partial charge in [-0.25, -0.2) is 0 Å². The van der Waals surface area contributed by atoms with Gasteiger partial charge >= 0.3 is 0 Å². The Kier molecular flexibility index (Phi) is 3.66. The van der Waals surface area contributed by atoms with E-state index in [0.717, 1.165) is 19.5 Å². The number of anilines is 1. The summed E-state index contributed by atoms with van der Waals surface area (Å²) in [6, 6.07) is 15.2. The third-order valence-electron chi connectivity index (χ3n) is 4.72. The van der Waals surface area contributed by atoms with Gasteiger partial charge in [-0.3, -0.25) is 0 Å². The highest BCUT2D eigenvalue weighted by Gasteiger charge is 2.32. The van der Waals surface area contributed by atoms with Crippen molar-refractivity contribution < 1.29 is 0 Å². The number of hydrogen-bond acceptors (Lipinski definition) is 2. The first-order chi connectivity index (χ1) is 9.72. The Morgan fingerprint density at radius 3 is 2.55 bits per heavy atom. The summed E-state index contributed by atoms with van der Waals surface area (Å²) in [6.07, 6.45) is 4.79. The first-order valence-corrected chi connectivity index (χ1v) is 7.73. The number of nitrogens with zero attached hydrogens (tertiary/aromatic N) is 1. The molecule has 0 spiro atoms. The molecule has 0 atom stereocenters. The predicted octanol–water partition coefficient (Wildman–Crippen LogP) is 3.94. The zero-order chi connectivity index (χ0) is 14.0. The average Bonchev–Trinajstić information content (AvgIpc) is 2.46. The molecule has 0 amide bonds. The minimum absolute atomic E-state index is 0.109. The zero-order valence-electron chi connectivity index (χ0n) is 12.3. The molecule has 0 unspecified atom stereocenters. The summed E-state index contributed by atoms with van der Waals surface area (Å²) in [5.41, 5.74) is 7.82.